The summed E-state index contributed by atoms with van der Waals surface area (Å²) < 4.78 is 12.9. The standard InChI is InChI=1S/C19H21FN2O/c20-17-7-9-18(10-8-17)22-19(23)12-14-3-5-15(6-4-14)16-2-1-11-21-13-16/h1-2,7-11,13-15H,3-6,12H2,(H,22,23). The van der Waals surface area contributed by atoms with Gasteiger partial charge in [-0.05, 0) is 73.4 Å². The van der Waals surface area contributed by atoms with Crippen LogP contribution in [0.1, 0.15) is 43.6 Å². The lowest BCUT2D eigenvalue weighted by Crippen LogP contribution is -2.20. The summed E-state index contributed by atoms with van der Waals surface area (Å²) in [6.45, 7) is 0. The van der Waals surface area contributed by atoms with Crippen molar-refractivity contribution in [3.05, 3.63) is 60.2 Å². The lowest BCUT2D eigenvalue weighted by molar-refractivity contribution is -0.117. The number of hydrogen-bond donors (Lipinski definition) is 1. The second-order valence-electron chi connectivity index (χ2n) is 6.26. The van der Waals surface area contributed by atoms with Gasteiger partial charge >= 0.3 is 0 Å². The van der Waals surface area contributed by atoms with E-state index < -0.39 is 0 Å². The van der Waals surface area contributed by atoms with E-state index in [2.05, 4.69) is 16.4 Å². The van der Waals surface area contributed by atoms with E-state index in [9.17, 15) is 9.18 Å². The third kappa shape index (κ3) is 4.38. The summed E-state index contributed by atoms with van der Waals surface area (Å²) in [5, 5.41) is 2.84. The van der Waals surface area contributed by atoms with E-state index >= 15 is 0 Å². The molecule has 0 radical (unpaired) electrons. The molecule has 120 valence electrons. The molecule has 23 heavy (non-hydrogen) atoms. The van der Waals surface area contributed by atoms with E-state index in [1.165, 1.54) is 17.7 Å². The molecule has 0 aliphatic heterocycles. The molecular weight excluding hydrogens is 291 g/mol. The molecule has 3 nitrogen and oxygen atoms in total. The summed E-state index contributed by atoms with van der Waals surface area (Å²) in [4.78, 5) is 16.3. The number of benzene rings is 1. The highest BCUT2D eigenvalue weighted by molar-refractivity contribution is 5.90. The van der Waals surface area contributed by atoms with Gasteiger partial charge in [0, 0.05) is 24.5 Å². The Bertz CT molecular complexity index is 634. The molecule has 1 aromatic heterocycles. The van der Waals surface area contributed by atoms with Crippen LogP contribution in [0.3, 0.4) is 0 Å². The maximum absolute atomic E-state index is 12.9. The Labute approximate surface area is 135 Å². The van der Waals surface area contributed by atoms with Crippen molar-refractivity contribution < 1.29 is 9.18 Å². The van der Waals surface area contributed by atoms with E-state index in [0.29, 0.717) is 23.9 Å². The van der Waals surface area contributed by atoms with Crippen molar-refractivity contribution in [2.45, 2.75) is 38.0 Å². The summed E-state index contributed by atoms with van der Waals surface area (Å²) in [6, 6.07) is 10.0. The van der Waals surface area contributed by atoms with Gasteiger partial charge in [0.25, 0.3) is 0 Å². The third-order valence-electron chi connectivity index (χ3n) is 4.60. The van der Waals surface area contributed by atoms with E-state index in [1.54, 1.807) is 18.3 Å². The molecule has 1 saturated carbocycles. The van der Waals surface area contributed by atoms with E-state index in [1.807, 2.05) is 12.3 Å². The first-order valence-corrected chi connectivity index (χ1v) is 8.16. The normalized spacial score (nSPS) is 20.9. The molecule has 0 spiro atoms. The van der Waals surface area contributed by atoms with Gasteiger partial charge in [0.15, 0.2) is 0 Å². The van der Waals surface area contributed by atoms with Gasteiger partial charge in [-0.3, -0.25) is 9.78 Å². The minimum Gasteiger partial charge on any atom is -0.326 e. The predicted octanol–water partition coefficient (Wildman–Crippen LogP) is 4.52. The van der Waals surface area contributed by atoms with Crippen LogP contribution in [0.5, 0.6) is 0 Å². The molecule has 1 N–H and O–H groups in total. The summed E-state index contributed by atoms with van der Waals surface area (Å²) in [7, 11) is 0. The Hall–Kier alpha value is -2.23. The minimum atomic E-state index is -0.295. The van der Waals surface area contributed by atoms with Crippen LogP contribution in [0.25, 0.3) is 0 Å². The highest BCUT2D eigenvalue weighted by Crippen LogP contribution is 2.36. The Morgan fingerprint density at radius 2 is 1.87 bits per heavy atom. The van der Waals surface area contributed by atoms with Crippen molar-refractivity contribution >= 4 is 11.6 Å². The number of carbonyl (C=O) groups excluding carboxylic acids is 1. The number of carbonyl (C=O) groups is 1. The SMILES string of the molecule is O=C(CC1CCC(c2cccnc2)CC1)Nc1ccc(F)cc1. The van der Waals surface area contributed by atoms with Crippen LogP contribution in [0.15, 0.2) is 48.8 Å². The maximum Gasteiger partial charge on any atom is 0.224 e. The molecule has 0 unspecified atom stereocenters. The Morgan fingerprint density at radius 1 is 1.13 bits per heavy atom. The van der Waals surface area contributed by atoms with Gasteiger partial charge in [0.2, 0.25) is 5.91 Å². The molecule has 1 aliphatic carbocycles. The molecule has 1 fully saturated rings. The quantitative estimate of drug-likeness (QED) is 0.901. The summed E-state index contributed by atoms with van der Waals surface area (Å²) in [5.74, 6) is 0.724. The largest absolute Gasteiger partial charge is 0.326 e. The first-order chi connectivity index (χ1) is 11.2. The van der Waals surface area contributed by atoms with Crippen LogP contribution in [0.4, 0.5) is 10.1 Å². The van der Waals surface area contributed by atoms with Crippen molar-refractivity contribution in [1.29, 1.82) is 0 Å². The van der Waals surface area contributed by atoms with Gasteiger partial charge < -0.3 is 5.32 Å². The third-order valence-corrected chi connectivity index (χ3v) is 4.60. The number of amides is 1. The fourth-order valence-electron chi connectivity index (χ4n) is 3.32. The van der Waals surface area contributed by atoms with Gasteiger partial charge in [-0.15, -0.1) is 0 Å². The van der Waals surface area contributed by atoms with Crippen LogP contribution in [0.2, 0.25) is 0 Å². The van der Waals surface area contributed by atoms with Crippen molar-refractivity contribution in [3.63, 3.8) is 0 Å². The lowest BCUT2D eigenvalue weighted by Gasteiger charge is -2.28. The molecule has 4 heteroatoms. The van der Waals surface area contributed by atoms with Crippen LogP contribution in [-0.2, 0) is 4.79 Å². The lowest BCUT2D eigenvalue weighted by atomic mass is 9.78. The molecular formula is C19H21FN2O. The topological polar surface area (TPSA) is 42.0 Å². The number of anilines is 1. The van der Waals surface area contributed by atoms with E-state index in [4.69, 9.17) is 0 Å². The van der Waals surface area contributed by atoms with Crippen LogP contribution in [-0.4, -0.2) is 10.9 Å². The van der Waals surface area contributed by atoms with Crippen molar-refractivity contribution in [2.75, 3.05) is 5.32 Å². The summed E-state index contributed by atoms with van der Waals surface area (Å²) in [6.07, 6.45) is 8.64. The molecule has 1 aliphatic rings. The number of halogens is 1. The monoisotopic (exact) mass is 312 g/mol. The zero-order valence-electron chi connectivity index (χ0n) is 13.0. The van der Waals surface area contributed by atoms with Crippen LogP contribution < -0.4 is 5.32 Å². The van der Waals surface area contributed by atoms with Crippen LogP contribution >= 0.6 is 0 Å². The summed E-state index contributed by atoms with van der Waals surface area (Å²) in [5.41, 5.74) is 1.96. The van der Waals surface area contributed by atoms with Crippen molar-refractivity contribution in [3.8, 4) is 0 Å². The fourth-order valence-corrected chi connectivity index (χ4v) is 3.32. The number of rotatable bonds is 4. The van der Waals surface area contributed by atoms with E-state index in [0.717, 1.165) is 25.7 Å². The molecule has 1 heterocycles. The molecule has 0 saturated heterocycles. The fraction of sp³-hybridized carbons (Fsp3) is 0.368. The van der Waals surface area contributed by atoms with Gasteiger partial charge in [-0.25, -0.2) is 4.39 Å². The average Bonchev–Trinajstić information content (AvgIpc) is 2.58. The Balaban J connectivity index is 1.47. The van der Waals surface area contributed by atoms with Gasteiger partial charge in [-0.2, -0.15) is 0 Å². The average molecular weight is 312 g/mol. The zero-order valence-corrected chi connectivity index (χ0v) is 13.0. The Morgan fingerprint density at radius 3 is 2.52 bits per heavy atom. The van der Waals surface area contributed by atoms with Gasteiger partial charge in [0.05, 0.1) is 0 Å². The van der Waals surface area contributed by atoms with Gasteiger partial charge in [-0.1, -0.05) is 6.07 Å². The molecule has 1 amide bonds. The number of hydrogen-bond acceptors (Lipinski definition) is 2. The van der Waals surface area contributed by atoms with Gasteiger partial charge in [0.1, 0.15) is 5.82 Å². The summed E-state index contributed by atoms with van der Waals surface area (Å²) >= 11 is 0. The molecule has 2 aromatic rings. The zero-order chi connectivity index (χ0) is 16.1. The second kappa shape index (κ2) is 7.36. The molecule has 3 rings (SSSR count). The first kappa shape index (κ1) is 15.7. The van der Waals surface area contributed by atoms with E-state index in [-0.39, 0.29) is 11.7 Å². The smallest absolute Gasteiger partial charge is 0.224 e. The minimum absolute atomic E-state index is 0.0152. The Kier molecular flexibility index (Phi) is 5.01. The highest BCUT2D eigenvalue weighted by Gasteiger charge is 2.24. The number of nitrogens with zero attached hydrogens (tertiary/aromatic N) is 1. The number of aromatic nitrogens is 1. The maximum atomic E-state index is 12.9. The van der Waals surface area contributed by atoms with Crippen molar-refractivity contribution in [2.24, 2.45) is 5.92 Å². The molecule has 0 atom stereocenters. The van der Waals surface area contributed by atoms with Crippen LogP contribution in [0, 0.1) is 11.7 Å². The highest BCUT2D eigenvalue weighted by atomic mass is 19.1. The van der Waals surface area contributed by atoms with Crippen molar-refractivity contribution in [1.82, 2.24) is 4.98 Å². The molecule has 1 aromatic carbocycles. The number of nitrogens with one attached hydrogen (secondary N) is 1. The predicted molar refractivity (Wildman–Crippen MR) is 88.6 cm³/mol. The number of pyridine rings is 1. The second-order valence-corrected chi connectivity index (χ2v) is 6.26. The molecule has 0 bridgehead atoms. The first-order valence-electron chi connectivity index (χ1n) is 8.16.